The topological polar surface area (TPSA) is 57.6 Å². The van der Waals surface area contributed by atoms with Gasteiger partial charge in [0.15, 0.2) is 0 Å². The third-order valence-electron chi connectivity index (χ3n) is 3.66. The highest BCUT2D eigenvalue weighted by molar-refractivity contribution is 5.83. The van der Waals surface area contributed by atoms with Gasteiger partial charge in [0.05, 0.1) is 5.92 Å². The Labute approximate surface area is 89.3 Å². The molecule has 2 rings (SSSR count). The Morgan fingerprint density at radius 2 is 2.00 bits per heavy atom. The Hall–Kier alpha value is -1.06. The van der Waals surface area contributed by atoms with Crippen LogP contribution >= 0.6 is 0 Å². The molecule has 84 valence electrons. The summed E-state index contributed by atoms with van der Waals surface area (Å²) in [5, 5.41) is 8.83. The fourth-order valence-electron chi connectivity index (χ4n) is 2.27. The molecule has 1 aliphatic carbocycles. The standard InChI is InChI=1S/C11H17NO3/c1-11(2)5-8(11)9(13)12-4-3-7(6-12)10(14)15/h7-8H,3-6H2,1-2H3,(H,14,15). The van der Waals surface area contributed by atoms with E-state index in [1.165, 1.54) is 0 Å². The van der Waals surface area contributed by atoms with Crippen molar-refractivity contribution in [2.75, 3.05) is 13.1 Å². The number of nitrogens with zero attached hydrogens (tertiary/aromatic N) is 1. The van der Waals surface area contributed by atoms with Crippen LogP contribution in [0.1, 0.15) is 26.7 Å². The van der Waals surface area contributed by atoms with Crippen molar-refractivity contribution in [2.24, 2.45) is 17.3 Å². The number of amides is 1. The van der Waals surface area contributed by atoms with Gasteiger partial charge in [0.2, 0.25) is 5.91 Å². The Balaban J connectivity index is 1.92. The van der Waals surface area contributed by atoms with E-state index in [2.05, 4.69) is 13.8 Å². The molecule has 2 atom stereocenters. The lowest BCUT2D eigenvalue weighted by atomic mass is 10.1. The summed E-state index contributed by atoms with van der Waals surface area (Å²) in [6.07, 6.45) is 1.55. The van der Waals surface area contributed by atoms with Crippen LogP contribution in [0, 0.1) is 17.3 Å². The van der Waals surface area contributed by atoms with E-state index in [1.807, 2.05) is 0 Å². The van der Waals surface area contributed by atoms with Gasteiger partial charge >= 0.3 is 5.97 Å². The van der Waals surface area contributed by atoms with Crippen LogP contribution in [0.25, 0.3) is 0 Å². The number of hydrogen-bond acceptors (Lipinski definition) is 2. The Bertz CT molecular complexity index is 311. The molecule has 1 aliphatic heterocycles. The third kappa shape index (κ3) is 1.85. The summed E-state index contributed by atoms with van der Waals surface area (Å²) in [6.45, 7) is 5.18. The first-order valence-electron chi connectivity index (χ1n) is 5.43. The van der Waals surface area contributed by atoms with Gasteiger partial charge in [0, 0.05) is 19.0 Å². The van der Waals surface area contributed by atoms with Crippen LogP contribution in [0.3, 0.4) is 0 Å². The molecule has 1 saturated carbocycles. The number of rotatable bonds is 2. The second-order valence-corrected chi connectivity index (χ2v) is 5.35. The predicted octanol–water partition coefficient (Wildman–Crippen LogP) is 0.966. The number of carboxylic acid groups (broad SMARTS) is 1. The van der Waals surface area contributed by atoms with Crippen molar-refractivity contribution in [2.45, 2.75) is 26.7 Å². The molecule has 0 bridgehead atoms. The first-order valence-corrected chi connectivity index (χ1v) is 5.43. The van der Waals surface area contributed by atoms with Gasteiger partial charge < -0.3 is 10.0 Å². The van der Waals surface area contributed by atoms with E-state index >= 15 is 0 Å². The number of carbonyl (C=O) groups excluding carboxylic acids is 1. The molecular formula is C11H17NO3. The number of aliphatic carboxylic acids is 1. The van der Waals surface area contributed by atoms with Crippen LogP contribution in [-0.2, 0) is 9.59 Å². The average Bonchev–Trinajstić information content (AvgIpc) is 2.65. The van der Waals surface area contributed by atoms with E-state index in [0.29, 0.717) is 19.5 Å². The monoisotopic (exact) mass is 211 g/mol. The number of carboxylic acids is 1. The van der Waals surface area contributed by atoms with E-state index in [-0.39, 0.29) is 23.2 Å². The van der Waals surface area contributed by atoms with Crippen LogP contribution in [0.15, 0.2) is 0 Å². The highest BCUT2D eigenvalue weighted by atomic mass is 16.4. The lowest BCUT2D eigenvalue weighted by Crippen LogP contribution is -2.32. The molecule has 0 aromatic rings. The largest absolute Gasteiger partial charge is 0.481 e. The summed E-state index contributed by atoms with van der Waals surface area (Å²) in [5.41, 5.74) is 0.137. The summed E-state index contributed by atoms with van der Waals surface area (Å²) in [6, 6.07) is 0. The molecule has 4 heteroatoms. The second kappa shape index (κ2) is 3.22. The SMILES string of the molecule is CC1(C)CC1C(=O)N1CCC(C(=O)O)C1. The van der Waals surface area contributed by atoms with E-state index in [0.717, 1.165) is 6.42 Å². The van der Waals surface area contributed by atoms with Gasteiger partial charge in [0.1, 0.15) is 0 Å². The van der Waals surface area contributed by atoms with Crippen molar-refractivity contribution in [3.05, 3.63) is 0 Å². The molecule has 15 heavy (non-hydrogen) atoms. The molecule has 2 fully saturated rings. The molecule has 0 aromatic carbocycles. The number of carbonyl (C=O) groups is 2. The first kappa shape index (κ1) is 10.5. The van der Waals surface area contributed by atoms with Crippen molar-refractivity contribution in [3.8, 4) is 0 Å². The lowest BCUT2D eigenvalue weighted by molar-refractivity contribution is -0.141. The maximum absolute atomic E-state index is 11.9. The molecule has 4 nitrogen and oxygen atoms in total. The Morgan fingerprint density at radius 1 is 1.40 bits per heavy atom. The molecule has 2 unspecified atom stereocenters. The molecule has 1 saturated heterocycles. The molecule has 0 spiro atoms. The fraction of sp³-hybridized carbons (Fsp3) is 0.818. The van der Waals surface area contributed by atoms with Crippen molar-refractivity contribution in [1.82, 2.24) is 4.90 Å². The minimum atomic E-state index is -0.777. The third-order valence-corrected chi connectivity index (χ3v) is 3.66. The van der Waals surface area contributed by atoms with E-state index in [4.69, 9.17) is 5.11 Å². The predicted molar refractivity (Wildman–Crippen MR) is 54.2 cm³/mol. The average molecular weight is 211 g/mol. The van der Waals surface area contributed by atoms with E-state index in [9.17, 15) is 9.59 Å². The summed E-state index contributed by atoms with van der Waals surface area (Å²) in [4.78, 5) is 24.4. The zero-order chi connectivity index (χ0) is 11.2. The van der Waals surface area contributed by atoms with Crippen LogP contribution in [-0.4, -0.2) is 35.0 Å². The van der Waals surface area contributed by atoms with Crippen LogP contribution in [0.5, 0.6) is 0 Å². The molecular weight excluding hydrogens is 194 g/mol. The molecule has 1 heterocycles. The number of likely N-dealkylation sites (tertiary alicyclic amines) is 1. The highest BCUT2D eigenvalue weighted by Gasteiger charge is 2.52. The summed E-state index contributed by atoms with van der Waals surface area (Å²) in [7, 11) is 0. The molecule has 0 aromatic heterocycles. The second-order valence-electron chi connectivity index (χ2n) is 5.35. The molecule has 0 radical (unpaired) electrons. The van der Waals surface area contributed by atoms with E-state index < -0.39 is 5.97 Å². The normalized spacial score (nSPS) is 32.8. The van der Waals surface area contributed by atoms with Gasteiger partial charge in [0.25, 0.3) is 0 Å². The molecule has 1 amide bonds. The van der Waals surface area contributed by atoms with Crippen LogP contribution in [0.2, 0.25) is 0 Å². The molecule has 2 aliphatic rings. The van der Waals surface area contributed by atoms with Gasteiger partial charge in [-0.25, -0.2) is 0 Å². The quantitative estimate of drug-likeness (QED) is 0.740. The fourth-order valence-corrected chi connectivity index (χ4v) is 2.27. The van der Waals surface area contributed by atoms with Gasteiger partial charge in [-0.2, -0.15) is 0 Å². The van der Waals surface area contributed by atoms with Crippen molar-refractivity contribution < 1.29 is 14.7 Å². The van der Waals surface area contributed by atoms with Crippen LogP contribution < -0.4 is 0 Å². The van der Waals surface area contributed by atoms with E-state index in [1.54, 1.807) is 4.90 Å². The molecule has 1 N–H and O–H groups in total. The van der Waals surface area contributed by atoms with Gasteiger partial charge in [-0.3, -0.25) is 9.59 Å². The van der Waals surface area contributed by atoms with Gasteiger partial charge in [-0.15, -0.1) is 0 Å². The Kier molecular flexibility index (Phi) is 2.24. The van der Waals surface area contributed by atoms with Crippen molar-refractivity contribution >= 4 is 11.9 Å². The highest BCUT2D eigenvalue weighted by Crippen LogP contribution is 2.52. The number of hydrogen-bond donors (Lipinski definition) is 1. The van der Waals surface area contributed by atoms with Crippen LogP contribution in [0.4, 0.5) is 0 Å². The van der Waals surface area contributed by atoms with Gasteiger partial charge in [-0.1, -0.05) is 13.8 Å². The van der Waals surface area contributed by atoms with Gasteiger partial charge in [-0.05, 0) is 18.3 Å². The minimum Gasteiger partial charge on any atom is -0.481 e. The summed E-state index contributed by atoms with van der Waals surface area (Å²) < 4.78 is 0. The zero-order valence-electron chi connectivity index (χ0n) is 9.19. The first-order chi connectivity index (χ1) is 6.92. The summed E-state index contributed by atoms with van der Waals surface area (Å²) >= 11 is 0. The maximum Gasteiger partial charge on any atom is 0.308 e. The summed E-state index contributed by atoms with van der Waals surface area (Å²) in [5.74, 6) is -0.843. The minimum absolute atomic E-state index is 0.130. The smallest absolute Gasteiger partial charge is 0.308 e. The van der Waals surface area contributed by atoms with Crippen molar-refractivity contribution in [3.63, 3.8) is 0 Å². The zero-order valence-corrected chi connectivity index (χ0v) is 9.19. The van der Waals surface area contributed by atoms with Crippen molar-refractivity contribution in [1.29, 1.82) is 0 Å². The maximum atomic E-state index is 11.9. The Morgan fingerprint density at radius 3 is 2.40 bits per heavy atom. The lowest BCUT2D eigenvalue weighted by Gasteiger charge is -2.16.